The number of aromatic nitrogens is 2. The van der Waals surface area contributed by atoms with Crippen molar-refractivity contribution >= 4 is 35.0 Å². The largest absolute Gasteiger partial charge is 0.380 e. The van der Waals surface area contributed by atoms with Gasteiger partial charge in [-0.3, -0.25) is 9.59 Å². The molecule has 0 unspecified atom stereocenters. The number of primary amides is 1. The number of amides is 2. The van der Waals surface area contributed by atoms with Crippen LogP contribution in [-0.4, -0.2) is 48.5 Å². The smallest absolute Gasteiger partial charge is 0.248 e. The molecule has 0 saturated heterocycles. The summed E-state index contributed by atoms with van der Waals surface area (Å²) >= 11 is 0. The summed E-state index contributed by atoms with van der Waals surface area (Å²) in [5, 5.41) is 3.30. The van der Waals surface area contributed by atoms with E-state index in [9.17, 15) is 9.59 Å². The topological polar surface area (TPSA) is 114 Å². The summed E-state index contributed by atoms with van der Waals surface area (Å²) in [7, 11) is 3.44. The number of hydrogen-bond donors (Lipinski definition) is 2. The molecule has 2 heterocycles. The third-order valence-electron chi connectivity index (χ3n) is 7.63. The third kappa shape index (κ3) is 3.87. The van der Waals surface area contributed by atoms with Crippen LogP contribution in [0.4, 0.5) is 23.1 Å². The summed E-state index contributed by atoms with van der Waals surface area (Å²) in [5.41, 5.74) is 7.83. The lowest BCUT2D eigenvalue weighted by Gasteiger charge is -2.44. The van der Waals surface area contributed by atoms with Crippen molar-refractivity contribution in [1.82, 2.24) is 9.97 Å². The van der Waals surface area contributed by atoms with Gasteiger partial charge < -0.3 is 25.6 Å². The van der Waals surface area contributed by atoms with Crippen molar-refractivity contribution in [1.29, 1.82) is 0 Å². The first-order chi connectivity index (χ1) is 16.4. The van der Waals surface area contributed by atoms with Crippen LogP contribution < -0.4 is 20.9 Å². The normalized spacial score (nSPS) is 19.6. The molecule has 3 N–H and O–H groups in total. The van der Waals surface area contributed by atoms with Crippen LogP contribution >= 0.6 is 0 Å². The van der Waals surface area contributed by atoms with Gasteiger partial charge in [0.1, 0.15) is 5.69 Å². The quantitative estimate of drug-likeness (QED) is 0.674. The highest BCUT2D eigenvalue weighted by Gasteiger charge is 2.51. The van der Waals surface area contributed by atoms with Gasteiger partial charge >= 0.3 is 0 Å². The lowest BCUT2D eigenvalue weighted by molar-refractivity contribution is -0.131. The molecule has 1 aromatic carbocycles. The van der Waals surface area contributed by atoms with Crippen LogP contribution in [0.1, 0.15) is 60.9 Å². The Hall–Kier alpha value is -3.20. The Kier molecular flexibility index (Phi) is 5.89. The van der Waals surface area contributed by atoms with Crippen LogP contribution in [0.5, 0.6) is 0 Å². The van der Waals surface area contributed by atoms with Crippen molar-refractivity contribution in [3.05, 3.63) is 35.5 Å². The second-order valence-electron chi connectivity index (χ2n) is 9.76. The van der Waals surface area contributed by atoms with Crippen molar-refractivity contribution in [2.75, 3.05) is 35.8 Å². The first kappa shape index (κ1) is 22.6. The van der Waals surface area contributed by atoms with E-state index < -0.39 is 5.91 Å². The molecule has 2 fully saturated rings. The molecule has 0 atom stereocenters. The minimum atomic E-state index is -0.491. The number of nitrogens with one attached hydrogen (secondary N) is 1. The van der Waals surface area contributed by atoms with Crippen LogP contribution in [0.3, 0.4) is 0 Å². The second kappa shape index (κ2) is 8.87. The maximum Gasteiger partial charge on any atom is 0.248 e. The molecule has 0 bridgehead atoms. The summed E-state index contributed by atoms with van der Waals surface area (Å²) in [6.07, 6.45) is 9.34. The van der Waals surface area contributed by atoms with E-state index >= 15 is 0 Å². The highest BCUT2D eigenvalue weighted by Crippen LogP contribution is 2.49. The number of methoxy groups -OCH3 is 1. The number of carbonyl (C=O) groups excluding carboxylic acids is 2. The van der Waals surface area contributed by atoms with Gasteiger partial charge in [0.25, 0.3) is 0 Å². The Balaban J connectivity index is 1.53. The minimum absolute atomic E-state index is 0.175. The number of ether oxygens (including phenoxy) is 1. The van der Waals surface area contributed by atoms with E-state index in [2.05, 4.69) is 15.2 Å². The van der Waals surface area contributed by atoms with Crippen molar-refractivity contribution in [3.8, 4) is 0 Å². The number of fused-ring (bicyclic) bond motifs is 1. The highest BCUT2D eigenvalue weighted by molar-refractivity contribution is 6.01. The number of rotatable bonds is 6. The first-order valence-electron chi connectivity index (χ1n) is 12.0. The average Bonchev–Trinajstić information content (AvgIpc) is 3.31. The van der Waals surface area contributed by atoms with E-state index in [4.69, 9.17) is 15.5 Å². The molecular weight excluding hydrogens is 432 g/mol. The fourth-order valence-electron chi connectivity index (χ4n) is 5.57. The van der Waals surface area contributed by atoms with Crippen LogP contribution in [0, 0.1) is 5.41 Å². The van der Waals surface area contributed by atoms with E-state index in [1.54, 1.807) is 36.4 Å². The van der Waals surface area contributed by atoms with Gasteiger partial charge in [-0.15, -0.1) is 0 Å². The van der Waals surface area contributed by atoms with Crippen LogP contribution in [0.15, 0.2) is 24.4 Å². The summed E-state index contributed by atoms with van der Waals surface area (Å²) in [5.74, 6) is 0.937. The van der Waals surface area contributed by atoms with Crippen LogP contribution in [0.25, 0.3) is 0 Å². The Morgan fingerprint density at radius 2 is 2.03 bits per heavy atom. The number of hydrogen-bond acceptors (Lipinski definition) is 7. The van der Waals surface area contributed by atoms with Crippen molar-refractivity contribution in [2.24, 2.45) is 11.1 Å². The molecule has 2 amide bonds. The standard InChI is InChI=1S/C25H32N6O3/c1-30-20-13-27-24(28-19-9-8-16(21(26)32)12-17(19)14-34-2)29-22(20)31(18-6-3-4-7-18)15-25(23(30)33)10-5-11-25/h8-9,12-13,18H,3-7,10-11,14-15H2,1-2H3,(H2,26,32)(H,27,28,29). The fraction of sp³-hybridized carbons (Fsp3) is 0.520. The lowest BCUT2D eigenvalue weighted by atomic mass is 9.67. The molecule has 180 valence electrons. The van der Waals surface area contributed by atoms with Gasteiger partial charge in [0.15, 0.2) is 5.82 Å². The molecule has 2 aromatic rings. The van der Waals surface area contributed by atoms with E-state index in [-0.39, 0.29) is 11.3 Å². The number of anilines is 4. The van der Waals surface area contributed by atoms with Gasteiger partial charge in [-0.1, -0.05) is 19.3 Å². The van der Waals surface area contributed by atoms with E-state index in [0.29, 0.717) is 30.7 Å². The fourth-order valence-corrected chi connectivity index (χ4v) is 5.57. The maximum atomic E-state index is 13.4. The van der Waals surface area contributed by atoms with Crippen molar-refractivity contribution in [2.45, 2.75) is 57.6 Å². The summed E-state index contributed by atoms with van der Waals surface area (Å²) in [4.78, 5) is 38.7. The first-order valence-corrected chi connectivity index (χ1v) is 12.0. The van der Waals surface area contributed by atoms with Crippen LogP contribution in [-0.2, 0) is 16.1 Å². The SMILES string of the molecule is COCc1cc(C(N)=O)ccc1Nc1ncc2c(n1)N(C1CCCC1)CC1(CCC1)C(=O)N2C. The number of benzene rings is 1. The molecular formula is C25H32N6O3. The van der Waals surface area contributed by atoms with Crippen molar-refractivity contribution in [3.63, 3.8) is 0 Å². The monoisotopic (exact) mass is 464 g/mol. The number of carbonyl (C=O) groups is 2. The molecule has 5 rings (SSSR count). The summed E-state index contributed by atoms with van der Waals surface area (Å²) in [6.45, 7) is 1.02. The van der Waals surface area contributed by atoms with Gasteiger partial charge in [-0.25, -0.2) is 4.98 Å². The molecule has 34 heavy (non-hydrogen) atoms. The third-order valence-corrected chi connectivity index (χ3v) is 7.63. The zero-order valence-electron chi connectivity index (χ0n) is 19.8. The molecule has 2 saturated carbocycles. The molecule has 1 aromatic heterocycles. The number of nitrogens with two attached hydrogens (primary N) is 1. The van der Waals surface area contributed by atoms with Gasteiger partial charge in [0, 0.05) is 43.6 Å². The Labute approximate surface area is 199 Å². The van der Waals surface area contributed by atoms with Crippen molar-refractivity contribution < 1.29 is 14.3 Å². The van der Waals surface area contributed by atoms with E-state index in [1.165, 1.54) is 12.8 Å². The molecule has 1 aliphatic heterocycles. The molecule has 1 spiro atoms. The highest BCUT2D eigenvalue weighted by atomic mass is 16.5. The molecule has 9 nitrogen and oxygen atoms in total. The van der Waals surface area contributed by atoms with Gasteiger partial charge in [-0.05, 0) is 43.9 Å². The second-order valence-corrected chi connectivity index (χ2v) is 9.76. The van der Waals surface area contributed by atoms with E-state index in [1.807, 2.05) is 7.05 Å². The predicted octanol–water partition coefficient (Wildman–Crippen LogP) is 3.36. The molecule has 0 radical (unpaired) electrons. The number of nitrogens with zero attached hydrogens (tertiary/aromatic N) is 4. The minimum Gasteiger partial charge on any atom is -0.380 e. The molecule has 2 aliphatic carbocycles. The zero-order chi connectivity index (χ0) is 23.9. The van der Waals surface area contributed by atoms with E-state index in [0.717, 1.165) is 54.9 Å². The molecule has 3 aliphatic rings. The Morgan fingerprint density at radius 1 is 1.26 bits per heavy atom. The predicted molar refractivity (Wildman–Crippen MR) is 130 cm³/mol. The van der Waals surface area contributed by atoms with Gasteiger partial charge in [0.05, 0.1) is 18.2 Å². The Morgan fingerprint density at radius 3 is 2.68 bits per heavy atom. The van der Waals surface area contributed by atoms with Gasteiger partial charge in [-0.2, -0.15) is 4.98 Å². The Bertz CT molecular complexity index is 1110. The maximum absolute atomic E-state index is 13.4. The lowest BCUT2D eigenvalue weighted by Crippen LogP contribution is -2.52. The summed E-state index contributed by atoms with van der Waals surface area (Å²) < 4.78 is 5.31. The molecule has 9 heteroatoms. The zero-order valence-corrected chi connectivity index (χ0v) is 19.8. The summed E-state index contributed by atoms with van der Waals surface area (Å²) in [6, 6.07) is 5.56. The van der Waals surface area contributed by atoms with Crippen LogP contribution in [0.2, 0.25) is 0 Å². The average molecular weight is 465 g/mol. The van der Waals surface area contributed by atoms with Gasteiger partial charge in [0.2, 0.25) is 17.8 Å².